The van der Waals surface area contributed by atoms with Gasteiger partial charge >= 0.3 is 0 Å². The number of nitrogens with zero attached hydrogens (tertiary/aromatic N) is 2. The average molecular weight is 410 g/mol. The van der Waals surface area contributed by atoms with Crippen LogP contribution in [0.2, 0.25) is 0 Å². The molecule has 1 rings (SSSR count). The van der Waals surface area contributed by atoms with Crippen molar-refractivity contribution in [3.63, 3.8) is 0 Å². The number of guanidine groups is 1. The molecule has 0 amide bonds. The summed E-state index contributed by atoms with van der Waals surface area (Å²) in [6, 6.07) is 0. The summed E-state index contributed by atoms with van der Waals surface area (Å²) in [7, 11) is 3.48. The molecule has 1 heterocycles. The Morgan fingerprint density at radius 3 is 2.62 bits per heavy atom. The molecule has 7 heteroatoms. The van der Waals surface area contributed by atoms with Gasteiger partial charge in [-0.3, -0.25) is 4.99 Å². The van der Waals surface area contributed by atoms with E-state index >= 15 is 0 Å². The number of hydrogen-bond acceptors (Lipinski definition) is 4. The van der Waals surface area contributed by atoms with E-state index in [0.717, 1.165) is 43.5 Å². The van der Waals surface area contributed by atoms with Crippen LogP contribution in [0.4, 0.5) is 0 Å². The van der Waals surface area contributed by atoms with Gasteiger partial charge in [0.15, 0.2) is 5.96 Å². The Kier molecular flexibility index (Phi) is 10.4. The molecule has 1 atom stereocenters. The highest BCUT2D eigenvalue weighted by molar-refractivity contribution is 14.0. The second-order valence-corrected chi connectivity index (χ2v) is 4.87. The van der Waals surface area contributed by atoms with Gasteiger partial charge in [-0.15, -0.1) is 24.0 Å². The number of halogens is 1. The molecule has 0 bridgehead atoms. The van der Waals surface area contributed by atoms with Crippen molar-refractivity contribution in [3.8, 4) is 0 Å². The van der Waals surface area contributed by atoms with Crippen molar-refractivity contribution in [3.05, 3.63) is 17.0 Å². The lowest BCUT2D eigenvalue weighted by molar-refractivity contribution is 0.195. The number of aliphatic imine (C=N–C) groups is 1. The second kappa shape index (κ2) is 10.8. The van der Waals surface area contributed by atoms with Crippen molar-refractivity contribution in [2.45, 2.75) is 33.1 Å². The van der Waals surface area contributed by atoms with E-state index < -0.39 is 0 Å². The number of ether oxygens (including phenoxy) is 1. The fourth-order valence-corrected chi connectivity index (χ4v) is 2.19. The van der Waals surface area contributed by atoms with Crippen LogP contribution in [0.3, 0.4) is 0 Å². The first kappa shape index (κ1) is 20.2. The summed E-state index contributed by atoms with van der Waals surface area (Å²) < 4.78 is 10.2. The van der Waals surface area contributed by atoms with Gasteiger partial charge in [-0.25, -0.2) is 0 Å². The molecular formula is C14H27IN4O2. The van der Waals surface area contributed by atoms with Crippen LogP contribution in [0.1, 0.15) is 36.3 Å². The molecule has 0 radical (unpaired) electrons. The summed E-state index contributed by atoms with van der Waals surface area (Å²) in [6.07, 6.45) is 0.955. The van der Waals surface area contributed by atoms with Crippen molar-refractivity contribution < 1.29 is 9.26 Å². The fraction of sp³-hybridized carbons (Fsp3) is 0.714. The minimum atomic E-state index is 0. The molecule has 0 aliphatic carbocycles. The molecule has 0 aromatic carbocycles. The van der Waals surface area contributed by atoms with E-state index in [1.165, 1.54) is 5.56 Å². The molecule has 0 aliphatic heterocycles. The Balaban J connectivity index is 0.00000400. The lowest BCUT2D eigenvalue weighted by Crippen LogP contribution is -2.39. The first-order valence-corrected chi connectivity index (χ1v) is 6.96. The molecule has 0 aliphatic rings. The van der Waals surface area contributed by atoms with Crippen LogP contribution >= 0.6 is 24.0 Å². The van der Waals surface area contributed by atoms with Crippen LogP contribution in [-0.4, -0.2) is 45.0 Å². The topological polar surface area (TPSA) is 71.7 Å². The maximum atomic E-state index is 5.20. The zero-order chi connectivity index (χ0) is 15.0. The predicted molar refractivity (Wildman–Crippen MR) is 95.7 cm³/mol. The summed E-state index contributed by atoms with van der Waals surface area (Å²) in [4.78, 5) is 4.20. The van der Waals surface area contributed by atoms with E-state index in [0.29, 0.717) is 5.92 Å². The molecule has 6 nitrogen and oxygen atoms in total. The maximum Gasteiger partial charge on any atom is 0.190 e. The molecule has 0 spiro atoms. The summed E-state index contributed by atoms with van der Waals surface area (Å²) in [6.45, 7) is 8.45. The third-order valence-electron chi connectivity index (χ3n) is 3.20. The summed E-state index contributed by atoms with van der Waals surface area (Å²) >= 11 is 0. The van der Waals surface area contributed by atoms with Crippen molar-refractivity contribution in [1.29, 1.82) is 0 Å². The molecule has 1 unspecified atom stereocenters. The smallest absolute Gasteiger partial charge is 0.190 e. The minimum absolute atomic E-state index is 0. The van der Waals surface area contributed by atoms with Gasteiger partial charge in [-0.2, -0.15) is 0 Å². The first-order valence-electron chi connectivity index (χ1n) is 6.96. The van der Waals surface area contributed by atoms with E-state index in [1.807, 2.05) is 13.8 Å². The number of aromatic nitrogens is 1. The van der Waals surface area contributed by atoms with Crippen molar-refractivity contribution in [2.24, 2.45) is 4.99 Å². The van der Waals surface area contributed by atoms with E-state index in [2.05, 4.69) is 27.7 Å². The third-order valence-corrected chi connectivity index (χ3v) is 3.20. The van der Waals surface area contributed by atoms with Crippen LogP contribution in [0.5, 0.6) is 0 Å². The normalized spacial score (nSPS) is 12.7. The van der Waals surface area contributed by atoms with Crippen LogP contribution in [0, 0.1) is 13.8 Å². The van der Waals surface area contributed by atoms with Crippen molar-refractivity contribution in [2.75, 3.05) is 33.9 Å². The van der Waals surface area contributed by atoms with E-state index in [1.54, 1.807) is 14.2 Å². The molecule has 21 heavy (non-hydrogen) atoms. The Morgan fingerprint density at radius 1 is 1.38 bits per heavy atom. The zero-order valence-corrected chi connectivity index (χ0v) is 15.9. The highest BCUT2D eigenvalue weighted by Gasteiger charge is 2.16. The quantitative estimate of drug-likeness (QED) is 0.312. The predicted octanol–water partition coefficient (Wildman–Crippen LogP) is 2.21. The fourth-order valence-electron chi connectivity index (χ4n) is 2.19. The number of hydrogen-bond donors (Lipinski definition) is 2. The number of rotatable bonds is 7. The molecule has 1 aromatic heterocycles. The lowest BCUT2D eigenvalue weighted by Gasteiger charge is -2.16. The van der Waals surface area contributed by atoms with Crippen LogP contribution in [-0.2, 0) is 4.74 Å². The Hall–Kier alpha value is -0.830. The Labute approximate surface area is 144 Å². The molecule has 122 valence electrons. The largest absolute Gasteiger partial charge is 0.385 e. The minimum Gasteiger partial charge on any atom is -0.385 e. The first-order chi connectivity index (χ1) is 9.60. The van der Waals surface area contributed by atoms with Crippen LogP contribution in [0.15, 0.2) is 9.52 Å². The van der Waals surface area contributed by atoms with Gasteiger partial charge in [0.05, 0.1) is 5.69 Å². The number of methoxy groups -OCH3 is 1. The highest BCUT2D eigenvalue weighted by atomic mass is 127. The highest BCUT2D eigenvalue weighted by Crippen LogP contribution is 2.22. The monoisotopic (exact) mass is 410 g/mol. The molecule has 2 N–H and O–H groups in total. The second-order valence-electron chi connectivity index (χ2n) is 4.87. The summed E-state index contributed by atoms with van der Waals surface area (Å²) in [5.41, 5.74) is 2.13. The molecule has 0 fully saturated rings. The van der Waals surface area contributed by atoms with Crippen LogP contribution < -0.4 is 10.6 Å². The third kappa shape index (κ3) is 6.64. The Morgan fingerprint density at radius 2 is 2.10 bits per heavy atom. The van der Waals surface area contributed by atoms with Gasteiger partial charge in [0.25, 0.3) is 0 Å². The average Bonchev–Trinajstić information content (AvgIpc) is 2.77. The van der Waals surface area contributed by atoms with Gasteiger partial charge < -0.3 is 19.9 Å². The van der Waals surface area contributed by atoms with E-state index in [4.69, 9.17) is 9.26 Å². The van der Waals surface area contributed by atoms with Crippen LogP contribution in [0.25, 0.3) is 0 Å². The number of nitrogens with one attached hydrogen (secondary N) is 2. The molecule has 0 saturated carbocycles. The SMILES string of the molecule is CN=C(NCCCOC)NCC(C)c1c(C)noc1C.I. The van der Waals surface area contributed by atoms with Crippen molar-refractivity contribution >= 4 is 29.9 Å². The van der Waals surface area contributed by atoms with Gasteiger partial charge in [0.2, 0.25) is 0 Å². The van der Waals surface area contributed by atoms with Crippen molar-refractivity contribution in [1.82, 2.24) is 15.8 Å². The number of aryl methyl sites for hydroxylation is 2. The van der Waals surface area contributed by atoms with E-state index in [9.17, 15) is 0 Å². The Bertz CT molecular complexity index is 415. The summed E-state index contributed by atoms with van der Waals surface area (Å²) in [5, 5.41) is 10.6. The molecule has 0 saturated heterocycles. The molecule has 1 aromatic rings. The maximum absolute atomic E-state index is 5.20. The van der Waals surface area contributed by atoms with Gasteiger partial charge in [0, 0.05) is 45.3 Å². The van der Waals surface area contributed by atoms with Gasteiger partial charge in [-0.1, -0.05) is 12.1 Å². The molecular weight excluding hydrogens is 383 g/mol. The standard InChI is InChI=1S/C14H26N4O2.HI/c1-10(13-11(2)18-20-12(13)3)9-17-14(15-4)16-7-6-8-19-5;/h10H,6-9H2,1-5H3,(H2,15,16,17);1H. The lowest BCUT2D eigenvalue weighted by atomic mass is 10.00. The van der Waals surface area contributed by atoms with Gasteiger partial charge in [-0.05, 0) is 20.3 Å². The zero-order valence-electron chi connectivity index (χ0n) is 13.5. The van der Waals surface area contributed by atoms with Gasteiger partial charge in [0.1, 0.15) is 5.76 Å². The summed E-state index contributed by atoms with van der Waals surface area (Å²) in [5.74, 6) is 2.01. The van der Waals surface area contributed by atoms with E-state index in [-0.39, 0.29) is 24.0 Å².